The highest BCUT2D eigenvalue weighted by Gasteiger charge is 2.41. The lowest BCUT2D eigenvalue weighted by Gasteiger charge is -2.41. The highest BCUT2D eigenvalue weighted by molar-refractivity contribution is 5.92. The molecule has 0 saturated heterocycles. The Hall–Kier alpha value is -1.07. The van der Waals surface area contributed by atoms with E-state index in [9.17, 15) is 9.90 Å². The van der Waals surface area contributed by atoms with Crippen LogP contribution in [0.25, 0.3) is 0 Å². The van der Waals surface area contributed by atoms with Crippen molar-refractivity contribution in [1.29, 1.82) is 0 Å². The SMILES string of the molecule is CCO[C@@H]1OC(C(=O)NC2CC2)=C[C@H](C2CCCCC2)[C@H]1CCCO. The van der Waals surface area contributed by atoms with Crippen molar-refractivity contribution in [3.8, 4) is 0 Å². The summed E-state index contributed by atoms with van der Waals surface area (Å²) in [5.41, 5.74) is 0. The third kappa shape index (κ3) is 4.98. The molecule has 142 valence electrons. The van der Waals surface area contributed by atoms with Crippen LogP contribution in [0.1, 0.15) is 64.7 Å². The molecule has 2 saturated carbocycles. The van der Waals surface area contributed by atoms with Gasteiger partial charge in [0.1, 0.15) is 0 Å². The van der Waals surface area contributed by atoms with Gasteiger partial charge in [0.25, 0.3) is 5.91 Å². The van der Waals surface area contributed by atoms with Gasteiger partial charge in [0.2, 0.25) is 6.29 Å². The van der Waals surface area contributed by atoms with Crippen LogP contribution in [0.5, 0.6) is 0 Å². The van der Waals surface area contributed by atoms with Crippen molar-refractivity contribution >= 4 is 5.91 Å². The van der Waals surface area contributed by atoms with Crippen molar-refractivity contribution in [2.24, 2.45) is 17.8 Å². The summed E-state index contributed by atoms with van der Waals surface area (Å²) in [4.78, 5) is 12.5. The zero-order valence-corrected chi connectivity index (χ0v) is 15.4. The van der Waals surface area contributed by atoms with Gasteiger partial charge in [-0.1, -0.05) is 19.3 Å². The highest BCUT2D eigenvalue weighted by atomic mass is 16.7. The predicted molar refractivity (Wildman–Crippen MR) is 95.6 cm³/mol. The number of allylic oxidation sites excluding steroid dienone is 1. The van der Waals surface area contributed by atoms with Gasteiger partial charge in [-0.15, -0.1) is 0 Å². The zero-order valence-electron chi connectivity index (χ0n) is 15.4. The second kappa shape index (κ2) is 9.04. The molecule has 0 unspecified atom stereocenters. The molecule has 5 nitrogen and oxygen atoms in total. The Morgan fingerprint density at radius 3 is 2.68 bits per heavy atom. The fourth-order valence-corrected chi connectivity index (χ4v) is 4.33. The summed E-state index contributed by atoms with van der Waals surface area (Å²) in [6, 6.07) is 0.322. The Morgan fingerprint density at radius 2 is 2.04 bits per heavy atom. The lowest BCUT2D eigenvalue weighted by atomic mass is 9.71. The topological polar surface area (TPSA) is 67.8 Å². The number of nitrogens with one attached hydrogen (secondary N) is 1. The minimum Gasteiger partial charge on any atom is -0.459 e. The first-order chi connectivity index (χ1) is 12.2. The molecule has 2 N–H and O–H groups in total. The number of carbonyl (C=O) groups excluding carboxylic acids is 1. The van der Waals surface area contributed by atoms with Crippen molar-refractivity contribution < 1.29 is 19.4 Å². The number of hydrogen-bond donors (Lipinski definition) is 2. The lowest BCUT2D eigenvalue weighted by molar-refractivity contribution is -0.177. The molecule has 3 atom stereocenters. The maximum Gasteiger partial charge on any atom is 0.286 e. The molecule has 3 aliphatic rings. The van der Waals surface area contributed by atoms with Crippen molar-refractivity contribution in [2.75, 3.05) is 13.2 Å². The lowest BCUT2D eigenvalue weighted by Crippen LogP contribution is -2.42. The van der Waals surface area contributed by atoms with Crippen LogP contribution >= 0.6 is 0 Å². The molecule has 2 aliphatic carbocycles. The molecular weight excluding hydrogens is 318 g/mol. The molecule has 0 radical (unpaired) electrons. The van der Waals surface area contributed by atoms with Gasteiger partial charge in [-0.2, -0.15) is 0 Å². The highest BCUT2D eigenvalue weighted by Crippen LogP contribution is 2.42. The Morgan fingerprint density at radius 1 is 1.28 bits per heavy atom. The molecule has 1 aliphatic heterocycles. The Bertz CT molecular complexity index is 468. The Balaban J connectivity index is 1.79. The average molecular weight is 351 g/mol. The second-order valence-electron chi connectivity index (χ2n) is 7.73. The van der Waals surface area contributed by atoms with E-state index < -0.39 is 0 Å². The van der Waals surface area contributed by atoms with E-state index >= 15 is 0 Å². The molecular formula is C20H33NO4. The van der Waals surface area contributed by atoms with Crippen molar-refractivity contribution in [3.63, 3.8) is 0 Å². The molecule has 5 heteroatoms. The van der Waals surface area contributed by atoms with Gasteiger partial charge < -0.3 is 19.9 Å². The van der Waals surface area contributed by atoms with Crippen molar-refractivity contribution in [3.05, 3.63) is 11.8 Å². The summed E-state index contributed by atoms with van der Waals surface area (Å²) in [6.07, 6.45) is 11.7. The smallest absolute Gasteiger partial charge is 0.286 e. The van der Waals surface area contributed by atoms with Crippen LogP contribution in [-0.4, -0.2) is 36.6 Å². The molecule has 0 spiro atoms. The minimum absolute atomic E-state index is 0.0892. The summed E-state index contributed by atoms with van der Waals surface area (Å²) in [5, 5.41) is 12.3. The minimum atomic E-state index is -0.381. The Kier molecular flexibility index (Phi) is 6.77. The van der Waals surface area contributed by atoms with Gasteiger partial charge in [0, 0.05) is 25.2 Å². The van der Waals surface area contributed by atoms with Crippen LogP contribution in [0.2, 0.25) is 0 Å². The number of ether oxygens (including phenoxy) is 2. The first kappa shape index (κ1) is 18.7. The summed E-state index contributed by atoms with van der Waals surface area (Å²) in [5.74, 6) is 1.47. The number of hydrogen-bond acceptors (Lipinski definition) is 4. The van der Waals surface area contributed by atoms with E-state index in [1.165, 1.54) is 32.1 Å². The molecule has 3 rings (SSSR count). The normalized spacial score (nSPS) is 30.5. The van der Waals surface area contributed by atoms with Crippen molar-refractivity contribution in [1.82, 2.24) is 5.32 Å². The van der Waals surface area contributed by atoms with Crippen LogP contribution in [0.15, 0.2) is 11.8 Å². The van der Waals surface area contributed by atoms with E-state index in [1.807, 2.05) is 6.92 Å². The van der Waals surface area contributed by atoms with Gasteiger partial charge in [-0.05, 0) is 63.4 Å². The molecule has 1 heterocycles. The fourth-order valence-electron chi connectivity index (χ4n) is 4.33. The monoisotopic (exact) mass is 351 g/mol. The molecule has 0 aromatic heterocycles. The molecule has 1 amide bonds. The quantitative estimate of drug-likeness (QED) is 0.705. The first-order valence-corrected chi connectivity index (χ1v) is 10.1. The average Bonchev–Trinajstić information content (AvgIpc) is 3.45. The van der Waals surface area contributed by atoms with E-state index in [4.69, 9.17) is 9.47 Å². The van der Waals surface area contributed by atoms with Gasteiger partial charge in [0.15, 0.2) is 5.76 Å². The number of amides is 1. The van der Waals surface area contributed by atoms with Crippen molar-refractivity contribution in [2.45, 2.75) is 77.0 Å². The first-order valence-electron chi connectivity index (χ1n) is 10.1. The molecule has 25 heavy (non-hydrogen) atoms. The number of rotatable bonds is 8. The number of aliphatic hydroxyl groups excluding tert-OH is 1. The predicted octanol–water partition coefficient (Wildman–Crippen LogP) is 3.13. The van der Waals surface area contributed by atoms with Gasteiger partial charge in [0.05, 0.1) is 0 Å². The van der Waals surface area contributed by atoms with Crippen LogP contribution < -0.4 is 5.32 Å². The maximum absolute atomic E-state index is 12.5. The standard InChI is InChI=1S/C20H33NO4/c1-2-24-20-16(9-6-12-22)17(14-7-4-3-5-8-14)13-18(25-20)19(23)21-15-10-11-15/h13-17,20,22H,2-12H2,1H3,(H,21,23)/t16-,17-,20-/m1/s1. The van der Waals surface area contributed by atoms with Crippen LogP contribution in [0, 0.1) is 17.8 Å². The largest absolute Gasteiger partial charge is 0.459 e. The molecule has 0 bridgehead atoms. The Labute approximate surface area is 151 Å². The van der Waals surface area contributed by atoms with Crippen LogP contribution in [-0.2, 0) is 14.3 Å². The van der Waals surface area contributed by atoms with E-state index in [0.717, 1.165) is 25.7 Å². The molecule has 0 aromatic rings. The van der Waals surface area contributed by atoms with E-state index in [1.54, 1.807) is 0 Å². The second-order valence-corrected chi connectivity index (χ2v) is 7.73. The van der Waals surface area contributed by atoms with E-state index in [0.29, 0.717) is 30.2 Å². The fraction of sp³-hybridized carbons (Fsp3) is 0.850. The number of aliphatic hydroxyl groups is 1. The van der Waals surface area contributed by atoms with Gasteiger partial charge >= 0.3 is 0 Å². The van der Waals surface area contributed by atoms with E-state index in [-0.39, 0.29) is 24.7 Å². The van der Waals surface area contributed by atoms with E-state index in [2.05, 4.69) is 11.4 Å². The summed E-state index contributed by atoms with van der Waals surface area (Å²) >= 11 is 0. The van der Waals surface area contributed by atoms with Gasteiger partial charge in [-0.25, -0.2) is 0 Å². The summed E-state index contributed by atoms with van der Waals surface area (Å²) in [6.45, 7) is 2.71. The number of carbonyl (C=O) groups is 1. The third-order valence-corrected chi connectivity index (χ3v) is 5.79. The summed E-state index contributed by atoms with van der Waals surface area (Å²) < 4.78 is 11.9. The molecule has 0 aromatic carbocycles. The molecule has 2 fully saturated rings. The van der Waals surface area contributed by atoms with Crippen LogP contribution in [0.3, 0.4) is 0 Å². The van der Waals surface area contributed by atoms with Crippen LogP contribution in [0.4, 0.5) is 0 Å². The maximum atomic E-state index is 12.5. The zero-order chi connectivity index (χ0) is 17.6. The summed E-state index contributed by atoms with van der Waals surface area (Å²) in [7, 11) is 0. The van der Waals surface area contributed by atoms with Gasteiger partial charge in [-0.3, -0.25) is 4.79 Å². The third-order valence-electron chi connectivity index (χ3n) is 5.79.